The van der Waals surface area contributed by atoms with Gasteiger partial charge >= 0.3 is 0 Å². The van der Waals surface area contributed by atoms with Crippen LogP contribution in [-0.2, 0) is 16.4 Å². The molecule has 0 amide bonds. The zero-order chi connectivity index (χ0) is 24.8. The molecule has 0 aliphatic heterocycles. The molecule has 4 aromatic carbocycles. The summed E-state index contributed by atoms with van der Waals surface area (Å²) < 4.78 is 46.5. The Kier molecular flexibility index (Phi) is 7.44. The fourth-order valence-corrected chi connectivity index (χ4v) is 4.88. The van der Waals surface area contributed by atoms with Crippen LogP contribution in [0.15, 0.2) is 113 Å². The molecule has 0 heterocycles. The maximum absolute atomic E-state index is 13.5. The average molecular weight is 507 g/mol. The van der Waals surface area contributed by atoms with E-state index >= 15 is 0 Å². The molecule has 0 radical (unpaired) electrons. The van der Waals surface area contributed by atoms with Gasteiger partial charge in [0.25, 0.3) is 0 Å². The van der Waals surface area contributed by atoms with E-state index in [-0.39, 0.29) is 17.1 Å². The van der Waals surface area contributed by atoms with Gasteiger partial charge in [-0.1, -0.05) is 60.1 Å². The van der Waals surface area contributed by atoms with Crippen molar-refractivity contribution in [3.05, 3.63) is 136 Å². The molecule has 0 aliphatic carbocycles. The van der Waals surface area contributed by atoms with Crippen LogP contribution in [0.2, 0.25) is 5.02 Å². The number of hydrogen-bond acceptors (Lipinski definition) is 4. The molecule has 176 valence electrons. The molecule has 7 heteroatoms. The van der Waals surface area contributed by atoms with Gasteiger partial charge in [0, 0.05) is 16.1 Å². The number of halogens is 2. The Bertz CT molecular complexity index is 1460. The van der Waals surface area contributed by atoms with Gasteiger partial charge in [0.2, 0.25) is 15.6 Å². The van der Waals surface area contributed by atoms with Crippen molar-refractivity contribution in [3.63, 3.8) is 0 Å². The second-order valence-corrected chi connectivity index (χ2v) is 9.97. The fraction of sp³-hybridized carbons (Fsp3) is 0.0357. The van der Waals surface area contributed by atoms with Gasteiger partial charge < -0.3 is 4.74 Å². The summed E-state index contributed by atoms with van der Waals surface area (Å²) in [4.78, 5) is 12.8. The summed E-state index contributed by atoms with van der Waals surface area (Å²) >= 11 is 5.94. The molecule has 0 aliphatic rings. The van der Waals surface area contributed by atoms with E-state index in [1.165, 1.54) is 30.3 Å². The number of Topliss-reactive ketones (excluding diaryl/α,β-unsaturated/α-hetero) is 1. The average Bonchev–Trinajstić information content (AvgIpc) is 2.87. The van der Waals surface area contributed by atoms with E-state index in [4.69, 9.17) is 16.3 Å². The SMILES string of the molecule is O=C(/C(=C\c1ccccc1OCc1ccccc1)S(=O)(=O)c1ccc(F)cc1)c1ccc(Cl)cc1. The molecule has 0 aromatic heterocycles. The van der Waals surface area contributed by atoms with Crippen molar-refractivity contribution >= 4 is 33.3 Å². The first kappa shape index (κ1) is 24.4. The van der Waals surface area contributed by atoms with Gasteiger partial charge in [-0.15, -0.1) is 0 Å². The van der Waals surface area contributed by atoms with E-state index in [2.05, 4.69) is 0 Å². The maximum Gasteiger partial charge on any atom is 0.210 e. The normalized spacial score (nSPS) is 11.8. The molecule has 0 atom stereocenters. The van der Waals surface area contributed by atoms with E-state index in [9.17, 15) is 17.6 Å². The highest BCUT2D eigenvalue weighted by atomic mass is 35.5. The summed E-state index contributed by atoms with van der Waals surface area (Å²) in [6.07, 6.45) is 1.29. The predicted molar refractivity (Wildman–Crippen MR) is 135 cm³/mol. The highest BCUT2D eigenvalue weighted by molar-refractivity contribution is 7.96. The quantitative estimate of drug-likeness (QED) is 0.150. The van der Waals surface area contributed by atoms with Crippen LogP contribution in [0.1, 0.15) is 21.5 Å². The zero-order valence-corrected chi connectivity index (χ0v) is 20.0. The number of hydrogen-bond donors (Lipinski definition) is 0. The Hall–Kier alpha value is -3.74. The molecular formula is C28H20ClFO4S. The van der Waals surface area contributed by atoms with Crippen LogP contribution in [0.4, 0.5) is 4.39 Å². The van der Waals surface area contributed by atoms with Crippen LogP contribution in [0.25, 0.3) is 6.08 Å². The van der Waals surface area contributed by atoms with Gasteiger partial charge in [0.05, 0.1) is 4.90 Å². The van der Waals surface area contributed by atoms with Gasteiger partial charge in [-0.3, -0.25) is 4.79 Å². The number of sulfone groups is 1. The van der Waals surface area contributed by atoms with E-state index in [1.54, 1.807) is 24.3 Å². The monoisotopic (exact) mass is 506 g/mol. The molecule has 35 heavy (non-hydrogen) atoms. The van der Waals surface area contributed by atoms with E-state index in [1.807, 2.05) is 30.3 Å². The minimum atomic E-state index is -4.30. The molecule has 0 saturated heterocycles. The van der Waals surface area contributed by atoms with Crippen LogP contribution >= 0.6 is 11.6 Å². The third-order valence-electron chi connectivity index (χ3n) is 5.19. The first-order valence-electron chi connectivity index (χ1n) is 10.6. The lowest BCUT2D eigenvalue weighted by atomic mass is 10.1. The van der Waals surface area contributed by atoms with Crippen molar-refractivity contribution in [3.8, 4) is 5.75 Å². The molecule has 0 unspecified atom stereocenters. The molecule has 4 rings (SSSR count). The van der Waals surface area contributed by atoms with Crippen LogP contribution in [-0.4, -0.2) is 14.2 Å². The third-order valence-corrected chi connectivity index (χ3v) is 7.21. The molecule has 0 N–H and O–H groups in total. The molecule has 0 fully saturated rings. The number of rotatable bonds is 8. The summed E-state index contributed by atoms with van der Waals surface area (Å²) in [5.74, 6) is -0.894. The first-order chi connectivity index (χ1) is 16.8. The van der Waals surface area contributed by atoms with Crippen molar-refractivity contribution in [1.29, 1.82) is 0 Å². The topological polar surface area (TPSA) is 60.4 Å². The first-order valence-corrected chi connectivity index (χ1v) is 12.5. The van der Waals surface area contributed by atoms with Crippen molar-refractivity contribution in [2.45, 2.75) is 11.5 Å². The molecule has 0 bridgehead atoms. The minimum Gasteiger partial charge on any atom is -0.488 e. The standard InChI is InChI=1S/C28H20ClFO4S/c29-23-12-10-21(11-13-23)28(31)27(35(32,33)25-16-14-24(30)15-17-25)18-22-8-4-5-9-26(22)34-19-20-6-2-1-3-7-20/h1-18H,19H2/b27-18+. The third kappa shape index (κ3) is 5.85. The Morgan fingerprint density at radius 2 is 1.46 bits per heavy atom. The Balaban J connectivity index is 1.79. The number of carbonyl (C=O) groups excluding carboxylic acids is 1. The molecular weight excluding hydrogens is 487 g/mol. The summed E-state index contributed by atoms with van der Waals surface area (Å²) in [7, 11) is -4.30. The molecule has 0 spiro atoms. The predicted octanol–water partition coefficient (Wildman–Crippen LogP) is 6.76. The number of ketones is 1. The van der Waals surface area contributed by atoms with E-state index in [0.717, 1.165) is 29.8 Å². The smallest absolute Gasteiger partial charge is 0.210 e. The fourth-order valence-electron chi connectivity index (χ4n) is 3.36. The summed E-state index contributed by atoms with van der Waals surface area (Å²) in [5.41, 5.74) is 1.49. The zero-order valence-electron chi connectivity index (χ0n) is 18.4. The van der Waals surface area contributed by atoms with Gasteiger partial charge in [-0.2, -0.15) is 0 Å². The van der Waals surface area contributed by atoms with Gasteiger partial charge in [0.15, 0.2) is 0 Å². The van der Waals surface area contributed by atoms with Crippen LogP contribution in [0.5, 0.6) is 5.75 Å². The van der Waals surface area contributed by atoms with Crippen molar-refractivity contribution < 1.29 is 22.3 Å². The lowest BCUT2D eigenvalue weighted by Crippen LogP contribution is -2.14. The Morgan fingerprint density at radius 1 is 0.829 bits per heavy atom. The van der Waals surface area contributed by atoms with Gasteiger partial charge in [-0.05, 0) is 66.2 Å². The summed E-state index contributed by atoms with van der Waals surface area (Å²) in [6.45, 7) is 0.261. The second-order valence-electron chi connectivity index (χ2n) is 7.61. The van der Waals surface area contributed by atoms with E-state index < -0.39 is 26.3 Å². The van der Waals surface area contributed by atoms with Gasteiger partial charge in [-0.25, -0.2) is 12.8 Å². The molecule has 0 saturated carbocycles. The minimum absolute atomic E-state index is 0.147. The second kappa shape index (κ2) is 10.7. The van der Waals surface area contributed by atoms with Crippen LogP contribution in [0, 0.1) is 5.82 Å². The lowest BCUT2D eigenvalue weighted by Gasteiger charge is -2.12. The number of ether oxygens (including phenoxy) is 1. The van der Waals surface area contributed by atoms with Gasteiger partial charge in [0.1, 0.15) is 23.1 Å². The number of allylic oxidation sites excluding steroid dienone is 1. The number of para-hydroxylation sites is 1. The maximum atomic E-state index is 13.5. The van der Waals surface area contributed by atoms with E-state index in [0.29, 0.717) is 16.3 Å². The number of benzene rings is 4. The Morgan fingerprint density at radius 3 is 2.14 bits per heavy atom. The molecule has 4 nitrogen and oxygen atoms in total. The highest BCUT2D eigenvalue weighted by Crippen LogP contribution is 2.29. The van der Waals surface area contributed by atoms with Crippen LogP contribution in [0.3, 0.4) is 0 Å². The summed E-state index contributed by atoms with van der Waals surface area (Å²) in [6, 6.07) is 26.6. The van der Waals surface area contributed by atoms with Crippen molar-refractivity contribution in [1.82, 2.24) is 0 Å². The molecule has 4 aromatic rings. The van der Waals surface area contributed by atoms with Crippen molar-refractivity contribution in [2.75, 3.05) is 0 Å². The summed E-state index contributed by atoms with van der Waals surface area (Å²) in [5, 5.41) is 0.410. The lowest BCUT2D eigenvalue weighted by molar-refractivity contribution is 0.104. The van der Waals surface area contributed by atoms with Crippen LogP contribution < -0.4 is 4.74 Å². The number of carbonyl (C=O) groups is 1. The Labute approximate surface area is 208 Å². The highest BCUT2D eigenvalue weighted by Gasteiger charge is 2.28. The van der Waals surface area contributed by atoms with Crippen molar-refractivity contribution in [2.24, 2.45) is 0 Å². The largest absolute Gasteiger partial charge is 0.488 e.